The maximum atomic E-state index is 11.9. The first kappa shape index (κ1) is 15.0. The van der Waals surface area contributed by atoms with Gasteiger partial charge in [-0.25, -0.2) is 9.97 Å². The molecule has 0 atom stereocenters. The SMILES string of the molecule is Cc1nc(Cl)c(C=O)c(NCCSC(F)(F)F)n1. The van der Waals surface area contributed by atoms with Crippen LogP contribution in [0.5, 0.6) is 0 Å². The molecule has 0 aliphatic heterocycles. The number of rotatable bonds is 5. The van der Waals surface area contributed by atoms with Crippen molar-refractivity contribution in [2.45, 2.75) is 12.4 Å². The van der Waals surface area contributed by atoms with E-state index in [0.717, 1.165) is 0 Å². The summed E-state index contributed by atoms with van der Waals surface area (Å²) in [5.74, 6) is 0.282. The summed E-state index contributed by atoms with van der Waals surface area (Å²) in [4.78, 5) is 18.4. The van der Waals surface area contributed by atoms with Crippen LogP contribution >= 0.6 is 23.4 Å². The third kappa shape index (κ3) is 4.69. The van der Waals surface area contributed by atoms with Gasteiger partial charge in [0.25, 0.3) is 0 Å². The molecule has 1 heterocycles. The van der Waals surface area contributed by atoms with E-state index < -0.39 is 5.51 Å². The van der Waals surface area contributed by atoms with Crippen molar-refractivity contribution in [3.05, 3.63) is 16.5 Å². The van der Waals surface area contributed by atoms with Crippen LogP contribution in [0.2, 0.25) is 5.15 Å². The van der Waals surface area contributed by atoms with Crippen molar-refractivity contribution in [2.24, 2.45) is 0 Å². The van der Waals surface area contributed by atoms with Gasteiger partial charge in [-0.05, 0) is 18.7 Å². The Bertz CT molecular complexity index is 442. The average Bonchev–Trinajstić information content (AvgIpc) is 2.22. The molecule has 0 bridgehead atoms. The number of aryl methyl sites for hydroxylation is 1. The number of nitrogens with zero attached hydrogens (tertiary/aromatic N) is 2. The second kappa shape index (κ2) is 6.24. The molecular weight excluding hydrogens is 291 g/mol. The molecule has 4 nitrogen and oxygen atoms in total. The molecule has 9 heteroatoms. The highest BCUT2D eigenvalue weighted by molar-refractivity contribution is 8.00. The van der Waals surface area contributed by atoms with Gasteiger partial charge in [-0.1, -0.05) is 11.6 Å². The second-order valence-electron chi connectivity index (χ2n) is 3.16. The zero-order valence-corrected chi connectivity index (χ0v) is 10.8. The molecule has 1 aromatic heterocycles. The molecule has 0 aromatic carbocycles. The van der Waals surface area contributed by atoms with Crippen molar-refractivity contribution >= 4 is 35.5 Å². The number of carbonyl (C=O) groups is 1. The predicted molar refractivity (Wildman–Crippen MR) is 64.2 cm³/mol. The lowest BCUT2D eigenvalue weighted by atomic mass is 10.3. The summed E-state index contributed by atoms with van der Waals surface area (Å²) in [6.45, 7) is 1.58. The molecule has 0 fully saturated rings. The summed E-state index contributed by atoms with van der Waals surface area (Å²) in [6, 6.07) is 0. The van der Waals surface area contributed by atoms with Crippen molar-refractivity contribution in [1.29, 1.82) is 0 Å². The highest BCUT2D eigenvalue weighted by Gasteiger charge is 2.27. The number of anilines is 1. The zero-order valence-electron chi connectivity index (χ0n) is 9.21. The lowest BCUT2D eigenvalue weighted by Gasteiger charge is -2.10. The van der Waals surface area contributed by atoms with Gasteiger partial charge in [0.05, 0.1) is 5.56 Å². The molecule has 0 radical (unpaired) electrons. The van der Waals surface area contributed by atoms with Gasteiger partial charge in [0, 0.05) is 12.3 Å². The standard InChI is InChI=1S/C9H9ClF3N3OS/c1-5-15-7(10)6(4-17)8(16-5)14-2-3-18-9(11,12)13/h4H,2-3H2,1H3,(H,14,15,16). The van der Waals surface area contributed by atoms with E-state index in [2.05, 4.69) is 15.3 Å². The van der Waals surface area contributed by atoms with Gasteiger partial charge in [0.1, 0.15) is 16.8 Å². The Labute approximate surface area is 110 Å². The first-order valence-electron chi connectivity index (χ1n) is 4.77. The van der Waals surface area contributed by atoms with Crippen molar-refractivity contribution < 1.29 is 18.0 Å². The fourth-order valence-electron chi connectivity index (χ4n) is 1.12. The molecule has 0 spiro atoms. The first-order chi connectivity index (χ1) is 8.33. The van der Waals surface area contributed by atoms with Gasteiger partial charge in [0.2, 0.25) is 0 Å². The van der Waals surface area contributed by atoms with Crippen molar-refractivity contribution in [3.63, 3.8) is 0 Å². The second-order valence-corrected chi connectivity index (χ2v) is 4.68. The van der Waals surface area contributed by atoms with E-state index in [1.807, 2.05) is 0 Å². The molecule has 1 aromatic rings. The summed E-state index contributed by atoms with van der Waals surface area (Å²) >= 11 is 5.56. The normalized spacial score (nSPS) is 11.4. The molecular formula is C9H9ClF3N3OS. The highest BCUT2D eigenvalue weighted by atomic mass is 35.5. The fourth-order valence-corrected chi connectivity index (χ4v) is 1.81. The van der Waals surface area contributed by atoms with E-state index in [1.54, 1.807) is 6.92 Å². The third-order valence-corrected chi connectivity index (χ3v) is 2.81. The Morgan fingerprint density at radius 2 is 2.11 bits per heavy atom. The number of carbonyl (C=O) groups excluding carboxylic acids is 1. The van der Waals surface area contributed by atoms with Crippen LogP contribution in [0.25, 0.3) is 0 Å². The summed E-state index contributed by atoms with van der Waals surface area (Å²) in [5, 5.41) is 2.61. The van der Waals surface area contributed by atoms with Crippen LogP contribution in [0, 0.1) is 6.92 Å². The zero-order chi connectivity index (χ0) is 13.8. The monoisotopic (exact) mass is 299 g/mol. The van der Waals surface area contributed by atoms with E-state index in [4.69, 9.17) is 11.6 Å². The van der Waals surface area contributed by atoms with Crippen LogP contribution in [-0.2, 0) is 0 Å². The Morgan fingerprint density at radius 3 is 2.67 bits per heavy atom. The summed E-state index contributed by atoms with van der Waals surface area (Å²) in [6.07, 6.45) is 0.459. The van der Waals surface area contributed by atoms with Crippen molar-refractivity contribution in [3.8, 4) is 0 Å². The number of halogens is 4. The maximum absolute atomic E-state index is 11.9. The largest absolute Gasteiger partial charge is 0.441 e. The van der Waals surface area contributed by atoms with E-state index in [0.29, 0.717) is 12.1 Å². The smallest absolute Gasteiger partial charge is 0.368 e. The van der Waals surface area contributed by atoms with Crippen LogP contribution in [0.1, 0.15) is 16.2 Å². The minimum atomic E-state index is -4.27. The topological polar surface area (TPSA) is 54.9 Å². The minimum Gasteiger partial charge on any atom is -0.368 e. The number of thioether (sulfide) groups is 1. The molecule has 18 heavy (non-hydrogen) atoms. The number of hydrogen-bond acceptors (Lipinski definition) is 5. The Morgan fingerprint density at radius 1 is 1.44 bits per heavy atom. The molecule has 1 N–H and O–H groups in total. The average molecular weight is 300 g/mol. The van der Waals surface area contributed by atoms with Crippen LogP contribution in [0.3, 0.4) is 0 Å². The van der Waals surface area contributed by atoms with Crippen LogP contribution in [0.4, 0.5) is 19.0 Å². The number of nitrogens with one attached hydrogen (secondary N) is 1. The maximum Gasteiger partial charge on any atom is 0.441 e. The molecule has 0 aliphatic carbocycles. The number of hydrogen-bond donors (Lipinski definition) is 1. The first-order valence-corrected chi connectivity index (χ1v) is 6.13. The summed E-state index contributed by atoms with van der Waals surface area (Å²) in [5.41, 5.74) is -4.23. The molecule has 100 valence electrons. The molecule has 0 amide bonds. The van der Waals surface area contributed by atoms with E-state index in [9.17, 15) is 18.0 Å². The van der Waals surface area contributed by atoms with Crippen LogP contribution in [0.15, 0.2) is 0 Å². The third-order valence-electron chi connectivity index (χ3n) is 1.79. The summed E-state index contributed by atoms with van der Waals surface area (Å²) in [7, 11) is 0. The summed E-state index contributed by atoms with van der Waals surface area (Å²) < 4.78 is 35.7. The predicted octanol–water partition coefficient (Wildman–Crippen LogP) is 2.92. The van der Waals surface area contributed by atoms with E-state index in [-0.39, 0.29) is 40.6 Å². The van der Waals surface area contributed by atoms with Crippen LogP contribution in [-0.4, -0.2) is 34.1 Å². The van der Waals surface area contributed by atoms with Crippen molar-refractivity contribution in [2.75, 3.05) is 17.6 Å². The van der Waals surface area contributed by atoms with Gasteiger partial charge in [0.15, 0.2) is 6.29 Å². The van der Waals surface area contributed by atoms with Gasteiger partial charge in [-0.2, -0.15) is 13.2 Å². The van der Waals surface area contributed by atoms with Gasteiger partial charge in [-0.15, -0.1) is 0 Å². The van der Waals surface area contributed by atoms with Gasteiger partial charge < -0.3 is 5.32 Å². The van der Waals surface area contributed by atoms with Gasteiger partial charge >= 0.3 is 5.51 Å². The lowest BCUT2D eigenvalue weighted by Crippen LogP contribution is -2.12. The molecule has 0 unspecified atom stereocenters. The van der Waals surface area contributed by atoms with E-state index in [1.165, 1.54) is 0 Å². The Kier molecular flexibility index (Phi) is 5.21. The lowest BCUT2D eigenvalue weighted by molar-refractivity contribution is -0.0327. The quantitative estimate of drug-likeness (QED) is 0.515. The minimum absolute atomic E-state index is 0.0117. The highest BCUT2D eigenvalue weighted by Crippen LogP contribution is 2.29. The number of aromatic nitrogens is 2. The molecule has 0 aliphatic rings. The number of alkyl halides is 3. The Balaban J connectivity index is 2.64. The molecule has 0 saturated carbocycles. The van der Waals surface area contributed by atoms with Crippen LogP contribution < -0.4 is 5.32 Å². The molecule has 1 rings (SSSR count). The molecule has 0 saturated heterocycles. The van der Waals surface area contributed by atoms with Gasteiger partial charge in [-0.3, -0.25) is 4.79 Å². The fraction of sp³-hybridized carbons (Fsp3) is 0.444. The number of aldehydes is 1. The van der Waals surface area contributed by atoms with E-state index >= 15 is 0 Å². The van der Waals surface area contributed by atoms with Crippen molar-refractivity contribution in [1.82, 2.24) is 9.97 Å². The Hall–Kier alpha value is -1.02.